The van der Waals surface area contributed by atoms with Crippen LogP contribution in [-0.4, -0.2) is 27.0 Å². The van der Waals surface area contributed by atoms with E-state index in [2.05, 4.69) is 28.0 Å². The molecule has 1 aliphatic heterocycles. The van der Waals surface area contributed by atoms with Gasteiger partial charge in [0.2, 0.25) is 0 Å². The standard InChI is InChI=1S/C14H15ClN4S/c1-7-4-5-17-9(6-7)10(8-2-3-8)14-18-12(15)11(20)13(16)19-14/h4-6,8,10,13H,2-3,16H2,1H3. The third kappa shape index (κ3) is 2.66. The first kappa shape index (κ1) is 13.8. The molecule has 2 heterocycles. The van der Waals surface area contributed by atoms with Crippen molar-refractivity contribution in [3.05, 3.63) is 29.6 Å². The zero-order chi connectivity index (χ0) is 14.3. The van der Waals surface area contributed by atoms with Crippen LogP contribution in [0.1, 0.15) is 30.0 Å². The van der Waals surface area contributed by atoms with Gasteiger partial charge in [-0.05, 0) is 43.4 Å². The maximum Gasteiger partial charge on any atom is 0.148 e. The Bertz CT molecular complexity index is 621. The average molecular weight is 307 g/mol. The van der Waals surface area contributed by atoms with E-state index in [4.69, 9.17) is 29.6 Å². The number of hydrogen-bond acceptors (Lipinski definition) is 5. The quantitative estimate of drug-likeness (QED) is 0.873. The van der Waals surface area contributed by atoms with Crippen LogP contribution in [0.15, 0.2) is 28.3 Å². The number of aryl methyl sites for hydroxylation is 1. The van der Waals surface area contributed by atoms with Crippen LogP contribution in [-0.2, 0) is 0 Å². The summed E-state index contributed by atoms with van der Waals surface area (Å²) >= 11 is 11.2. The van der Waals surface area contributed by atoms with Crippen molar-refractivity contribution in [1.82, 2.24) is 4.98 Å². The van der Waals surface area contributed by atoms with Gasteiger partial charge in [0.15, 0.2) is 0 Å². The van der Waals surface area contributed by atoms with Gasteiger partial charge >= 0.3 is 0 Å². The summed E-state index contributed by atoms with van der Waals surface area (Å²) in [6.45, 7) is 2.05. The molecule has 0 aromatic carbocycles. The van der Waals surface area contributed by atoms with E-state index in [1.807, 2.05) is 12.3 Å². The van der Waals surface area contributed by atoms with Crippen molar-refractivity contribution in [2.24, 2.45) is 21.6 Å². The van der Waals surface area contributed by atoms with Crippen LogP contribution in [0.2, 0.25) is 0 Å². The minimum Gasteiger partial charge on any atom is -0.305 e. The Morgan fingerprint density at radius 1 is 1.45 bits per heavy atom. The van der Waals surface area contributed by atoms with Gasteiger partial charge in [-0.2, -0.15) is 0 Å². The molecule has 2 N–H and O–H groups in total. The third-order valence-electron chi connectivity index (χ3n) is 3.58. The summed E-state index contributed by atoms with van der Waals surface area (Å²) in [7, 11) is 0. The molecule has 1 saturated carbocycles. The highest BCUT2D eigenvalue weighted by molar-refractivity contribution is 7.82. The average Bonchev–Trinajstić information content (AvgIpc) is 3.21. The monoisotopic (exact) mass is 306 g/mol. The summed E-state index contributed by atoms with van der Waals surface area (Å²) in [6, 6.07) is 4.06. The number of aromatic nitrogens is 1. The third-order valence-corrected chi connectivity index (χ3v) is 4.42. The summed E-state index contributed by atoms with van der Waals surface area (Å²) in [6.07, 6.45) is 3.56. The maximum atomic E-state index is 6.07. The zero-order valence-electron chi connectivity index (χ0n) is 11.1. The van der Waals surface area contributed by atoms with E-state index < -0.39 is 6.17 Å². The molecule has 104 valence electrons. The normalized spacial score (nSPS) is 24.1. The molecular formula is C14H15ClN4S. The summed E-state index contributed by atoms with van der Waals surface area (Å²) < 4.78 is 0. The van der Waals surface area contributed by atoms with E-state index in [1.54, 1.807) is 0 Å². The number of thiocarbonyl (C=S) groups is 1. The summed E-state index contributed by atoms with van der Waals surface area (Å²) in [5, 5.41) is 0.288. The van der Waals surface area contributed by atoms with E-state index in [0.29, 0.717) is 16.6 Å². The van der Waals surface area contributed by atoms with Crippen LogP contribution < -0.4 is 5.73 Å². The molecule has 0 bridgehead atoms. The molecule has 0 amide bonds. The van der Waals surface area contributed by atoms with Gasteiger partial charge in [-0.25, -0.2) is 9.98 Å². The van der Waals surface area contributed by atoms with Gasteiger partial charge in [0.1, 0.15) is 17.2 Å². The lowest BCUT2D eigenvalue weighted by Gasteiger charge is -2.21. The summed E-state index contributed by atoms with van der Waals surface area (Å²) in [5.74, 6) is 1.25. The number of amidine groups is 1. The van der Waals surface area contributed by atoms with Crippen LogP contribution in [0.5, 0.6) is 0 Å². The summed E-state index contributed by atoms with van der Waals surface area (Å²) in [5.41, 5.74) is 8.07. The number of rotatable bonds is 3. The highest BCUT2D eigenvalue weighted by atomic mass is 35.5. The second kappa shape index (κ2) is 5.31. The Morgan fingerprint density at radius 3 is 2.80 bits per heavy atom. The number of hydrogen-bond donors (Lipinski definition) is 1. The Hall–Kier alpha value is -1.17. The molecular weight excluding hydrogens is 292 g/mol. The number of nitrogens with two attached hydrogens (primary N) is 1. The van der Waals surface area contributed by atoms with Gasteiger partial charge in [-0.15, -0.1) is 0 Å². The van der Waals surface area contributed by atoms with Gasteiger partial charge in [-0.1, -0.05) is 23.8 Å². The Kier molecular flexibility index (Phi) is 3.67. The van der Waals surface area contributed by atoms with Crippen molar-refractivity contribution in [3.8, 4) is 0 Å². The fraction of sp³-hybridized carbons (Fsp3) is 0.429. The molecule has 1 aromatic heterocycles. The lowest BCUT2D eigenvalue weighted by atomic mass is 9.96. The molecule has 3 rings (SSSR count). The predicted octanol–water partition coefficient (Wildman–Crippen LogP) is 2.59. The van der Waals surface area contributed by atoms with E-state index >= 15 is 0 Å². The highest BCUT2D eigenvalue weighted by Gasteiger charge is 2.38. The Balaban J connectivity index is 2.00. The fourth-order valence-electron chi connectivity index (χ4n) is 2.40. The fourth-order valence-corrected chi connectivity index (χ4v) is 2.70. The first-order valence-electron chi connectivity index (χ1n) is 6.60. The SMILES string of the molecule is Cc1ccnc(C(C2=NC(N)C(=S)C(Cl)=N2)C2CC2)c1. The topological polar surface area (TPSA) is 63.6 Å². The van der Waals surface area contributed by atoms with Gasteiger partial charge in [0.05, 0.1) is 16.5 Å². The molecule has 2 aliphatic rings. The second-order valence-corrected chi connectivity index (χ2v) is 6.07. The minimum atomic E-state index is -0.573. The van der Waals surface area contributed by atoms with Gasteiger partial charge in [-0.3, -0.25) is 4.98 Å². The van der Waals surface area contributed by atoms with Crippen LogP contribution >= 0.6 is 23.8 Å². The summed E-state index contributed by atoms with van der Waals surface area (Å²) in [4.78, 5) is 13.7. The van der Waals surface area contributed by atoms with Crippen molar-refractivity contribution in [1.29, 1.82) is 0 Å². The first-order valence-corrected chi connectivity index (χ1v) is 7.39. The molecule has 6 heteroatoms. The number of nitrogens with zero attached hydrogens (tertiary/aromatic N) is 3. The molecule has 1 aliphatic carbocycles. The van der Waals surface area contributed by atoms with Crippen molar-refractivity contribution < 1.29 is 0 Å². The number of halogens is 1. The maximum absolute atomic E-state index is 6.07. The van der Waals surface area contributed by atoms with Crippen molar-refractivity contribution in [2.75, 3.05) is 0 Å². The smallest absolute Gasteiger partial charge is 0.148 e. The lowest BCUT2D eigenvalue weighted by Crippen LogP contribution is -2.37. The Morgan fingerprint density at radius 2 is 2.20 bits per heavy atom. The van der Waals surface area contributed by atoms with Crippen molar-refractivity contribution in [2.45, 2.75) is 31.8 Å². The van der Waals surface area contributed by atoms with Gasteiger partial charge in [0.25, 0.3) is 0 Å². The minimum absolute atomic E-state index is 0.0674. The molecule has 2 unspecified atom stereocenters. The second-order valence-electron chi connectivity index (χ2n) is 5.27. The van der Waals surface area contributed by atoms with Crippen LogP contribution in [0.3, 0.4) is 0 Å². The van der Waals surface area contributed by atoms with Crippen molar-refractivity contribution in [3.63, 3.8) is 0 Å². The molecule has 1 aromatic rings. The van der Waals surface area contributed by atoms with E-state index in [9.17, 15) is 0 Å². The highest BCUT2D eigenvalue weighted by Crippen LogP contribution is 2.43. The predicted molar refractivity (Wildman–Crippen MR) is 85.7 cm³/mol. The molecule has 0 radical (unpaired) electrons. The lowest BCUT2D eigenvalue weighted by molar-refractivity contribution is 0.722. The first-order chi connectivity index (χ1) is 9.56. The molecule has 0 saturated heterocycles. The number of pyridine rings is 1. The molecule has 20 heavy (non-hydrogen) atoms. The van der Waals surface area contributed by atoms with E-state index in [0.717, 1.165) is 18.5 Å². The van der Waals surface area contributed by atoms with E-state index in [-0.39, 0.29) is 11.1 Å². The van der Waals surface area contributed by atoms with Gasteiger partial charge in [0, 0.05) is 6.20 Å². The van der Waals surface area contributed by atoms with Crippen LogP contribution in [0.25, 0.3) is 0 Å². The largest absolute Gasteiger partial charge is 0.305 e. The molecule has 4 nitrogen and oxygen atoms in total. The molecule has 0 spiro atoms. The van der Waals surface area contributed by atoms with Crippen LogP contribution in [0.4, 0.5) is 0 Å². The molecule has 1 fully saturated rings. The molecule has 2 atom stereocenters. The van der Waals surface area contributed by atoms with Crippen molar-refractivity contribution >= 4 is 39.7 Å². The zero-order valence-corrected chi connectivity index (χ0v) is 12.7. The Labute approximate surface area is 128 Å². The van der Waals surface area contributed by atoms with Gasteiger partial charge < -0.3 is 5.73 Å². The number of aliphatic imine (C=N–C) groups is 2. The van der Waals surface area contributed by atoms with Crippen LogP contribution in [0, 0.1) is 12.8 Å². The van der Waals surface area contributed by atoms with E-state index in [1.165, 1.54) is 5.56 Å².